The molecule has 1 aromatic carbocycles. The van der Waals surface area contributed by atoms with E-state index in [0.717, 1.165) is 36.3 Å². The van der Waals surface area contributed by atoms with E-state index >= 15 is 0 Å². The molecule has 132 valence electrons. The SMILES string of the molecule is Cc1nc(-c2ccccc2)ccc1C(=O)N1CCC[C@@H](n2cccn2)C1. The van der Waals surface area contributed by atoms with Gasteiger partial charge in [0.25, 0.3) is 5.91 Å². The highest BCUT2D eigenvalue weighted by Crippen LogP contribution is 2.24. The quantitative estimate of drug-likeness (QED) is 0.726. The van der Waals surface area contributed by atoms with Gasteiger partial charge in [-0.3, -0.25) is 14.5 Å². The van der Waals surface area contributed by atoms with E-state index in [4.69, 9.17) is 0 Å². The molecule has 0 radical (unpaired) electrons. The number of aryl methyl sites for hydroxylation is 1. The minimum Gasteiger partial charge on any atom is -0.336 e. The molecule has 0 N–H and O–H groups in total. The van der Waals surface area contributed by atoms with Crippen molar-refractivity contribution in [2.45, 2.75) is 25.8 Å². The summed E-state index contributed by atoms with van der Waals surface area (Å²) in [5.41, 5.74) is 3.42. The average Bonchev–Trinajstić information content (AvgIpc) is 3.23. The predicted molar refractivity (Wildman–Crippen MR) is 101 cm³/mol. The van der Waals surface area contributed by atoms with E-state index in [-0.39, 0.29) is 11.9 Å². The molecule has 4 rings (SSSR count). The van der Waals surface area contributed by atoms with Crippen LogP contribution in [0.5, 0.6) is 0 Å². The van der Waals surface area contributed by atoms with Gasteiger partial charge >= 0.3 is 0 Å². The highest BCUT2D eigenvalue weighted by Gasteiger charge is 2.26. The molecule has 26 heavy (non-hydrogen) atoms. The van der Waals surface area contributed by atoms with Gasteiger partial charge in [0.15, 0.2) is 0 Å². The summed E-state index contributed by atoms with van der Waals surface area (Å²) < 4.78 is 1.96. The summed E-state index contributed by atoms with van der Waals surface area (Å²) in [6, 6.07) is 16.1. The van der Waals surface area contributed by atoms with E-state index in [0.29, 0.717) is 12.1 Å². The van der Waals surface area contributed by atoms with Gasteiger partial charge in [-0.15, -0.1) is 0 Å². The third-order valence-corrected chi connectivity index (χ3v) is 4.97. The lowest BCUT2D eigenvalue weighted by atomic mass is 10.0. The first-order chi connectivity index (χ1) is 12.7. The Kier molecular flexibility index (Phi) is 4.52. The van der Waals surface area contributed by atoms with Gasteiger partial charge in [0.2, 0.25) is 0 Å². The Morgan fingerprint density at radius 2 is 1.96 bits per heavy atom. The van der Waals surface area contributed by atoms with Crippen LogP contribution in [0.15, 0.2) is 60.9 Å². The number of pyridine rings is 1. The maximum atomic E-state index is 13.0. The second-order valence-corrected chi connectivity index (χ2v) is 6.73. The van der Waals surface area contributed by atoms with E-state index in [9.17, 15) is 4.79 Å². The average molecular weight is 346 g/mol. The second-order valence-electron chi connectivity index (χ2n) is 6.73. The number of carbonyl (C=O) groups excluding carboxylic acids is 1. The van der Waals surface area contributed by atoms with Crippen LogP contribution in [0.1, 0.15) is 34.9 Å². The Bertz CT molecular complexity index is 890. The summed E-state index contributed by atoms with van der Waals surface area (Å²) in [5.74, 6) is 0.0615. The number of piperidine rings is 1. The topological polar surface area (TPSA) is 51.0 Å². The standard InChI is InChI=1S/C21H22N4O/c1-16-19(10-11-20(23-16)17-7-3-2-4-8-17)21(26)24-13-5-9-18(15-24)25-14-6-12-22-25/h2-4,6-8,10-12,14,18H,5,9,13,15H2,1H3/t18-/m1/s1. The van der Waals surface area contributed by atoms with Crippen molar-refractivity contribution in [3.05, 3.63) is 72.2 Å². The van der Waals surface area contributed by atoms with Gasteiger partial charge in [0.1, 0.15) is 0 Å². The van der Waals surface area contributed by atoms with Crippen LogP contribution in [0.4, 0.5) is 0 Å². The van der Waals surface area contributed by atoms with Crippen LogP contribution in [0, 0.1) is 6.92 Å². The summed E-state index contributed by atoms with van der Waals surface area (Å²) in [6.45, 7) is 3.39. The predicted octanol–water partition coefficient (Wildman–Crippen LogP) is 3.73. The van der Waals surface area contributed by atoms with Crippen molar-refractivity contribution in [1.82, 2.24) is 19.7 Å². The van der Waals surface area contributed by atoms with Gasteiger partial charge < -0.3 is 4.90 Å². The first kappa shape index (κ1) is 16.5. The van der Waals surface area contributed by atoms with Gasteiger partial charge in [-0.05, 0) is 38.0 Å². The third kappa shape index (κ3) is 3.25. The molecule has 1 saturated heterocycles. The van der Waals surface area contributed by atoms with Crippen LogP contribution in [0.25, 0.3) is 11.3 Å². The number of nitrogens with zero attached hydrogens (tertiary/aromatic N) is 4. The zero-order valence-electron chi connectivity index (χ0n) is 14.9. The van der Waals surface area contributed by atoms with Gasteiger partial charge in [-0.2, -0.15) is 5.10 Å². The normalized spacial score (nSPS) is 17.3. The molecule has 0 saturated carbocycles. The smallest absolute Gasteiger partial charge is 0.255 e. The van der Waals surface area contributed by atoms with E-state index in [1.54, 1.807) is 6.20 Å². The lowest BCUT2D eigenvalue weighted by Crippen LogP contribution is -2.41. The molecular weight excluding hydrogens is 324 g/mol. The van der Waals surface area contributed by atoms with Crippen LogP contribution in [-0.2, 0) is 0 Å². The molecule has 3 heterocycles. The molecule has 0 unspecified atom stereocenters. The number of hydrogen-bond donors (Lipinski definition) is 0. The summed E-state index contributed by atoms with van der Waals surface area (Å²) in [4.78, 5) is 19.6. The minimum absolute atomic E-state index is 0.0615. The van der Waals surface area contributed by atoms with Gasteiger partial charge in [0.05, 0.1) is 23.0 Å². The maximum Gasteiger partial charge on any atom is 0.255 e. The van der Waals surface area contributed by atoms with Crippen molar-refractivity contribution in [3.8, 4) is 11.3 Å². The number of likely N-dealkylation sites (tertiary alicyclic amines) is 1. The molecule has 1 atom stereocenters. The summed E-state index contributed by atoms with van der Waals surface area (Å²) in [5, 5.41) is 4.34. The monoisotopic (exact) mass is 346 g/mol. The number of aromatic nitrogens is 3. The van der Waals surface area contributed by atoms with E-state index in [1.807, 2.05) is 71.2 Å². The zero-order chi connectivity index (χ0) is 17.9. The van der Waals surface area contributed by atoms with Crippen molar-refractivity contribution in [2.75, 3.05) is 13.1 Å². The van der Waals surface area contributed by atoms with Gasteiger partial charge in [-0.25, -0.2) is 0 Å². The lowest BCUT2D eigenvalue weighted by Gasteiger charge is -2.33. The third-order valence-electron chi connectivity index (χ3n) is 4.97. The molecule has 1 aliphatic heterocycles. The molecule has 0 bridgehead atoms. The van der Waals surface area contributed by atoms with Crippen molar-refractivity contribution >= 4 is 5.91 Å². The fourth-order valence-electron chi connectivity index (χ4n) is 3.58. The summed E-state index contributed by atoms with van der Waals surface area (Å²) in [7, 11) is 0. The molecular formula is C21H22N4O. The van der Waals surface area contributed by atoms with Crippen LogP contribution >= 0.6 is 0 Å². The van der Waals surface area contributed by atoms with Crippen molar-refractivity contribution in [1.29, 1.82) is 0 Å². The molecule has 1 aliphatic rings. The molecule has 1 fully saturated rings. The Labute approximate surface area is 153 Å². The van der Waals surface area contributed by atoms with Crippen LogP contribution in [0.2, 0.25) is 0 Å². The zero-order valence-corrected chi connectivity index (χ0v) is 14.9. The Hall–Kier alpha value is -2.95. The van der Waals surface area contributed by atoms with Gasteiger partial charge in [0, 0.05) is 31.0 Å². The summed E-state index contributed by atoms with van der Waals surface area (Å²) in [6.07, 6.45) is 5.80. The highest BCUT2D eigenvalue weighted by molar-refractivity contribution is 5.95. The number of amides is 1. The molecule has 2 aromatic heterocycles. The first-order valence-electron chi connectivity index (χ1n) is 9.04. The van der Waals surface area contributed by atoms with E-state index in [1.165, 1.54) is 0 Å². The number of hydrogen-bond acceptors (Lipinski definition) is 3. The second kappa shape index (κ2) is 7.12. The van der Waals surface area contributed by atoms with Gasteiger partial charge in [-0.1, -0.05) is 30.3 Å². The number of rotatable bonds is 3. The van der Waals surface area contributed by atoms with Crippen molar-refractivity contribution in [2.24, 2.45) is 0 Å². The number of carbonyl (C=O) groups is 1. The lowest BCUT2D eigenvalue weighted by molar-refractivity contribution is 0.0671. The van der Waals surface area contributed by atoms with Crippen molar-refractivity contribution < 1.29 is 4.79 Å². The Balaban J connectivity index is 1.54. The molecule has 5 nitrogen and oxygen atoms in total. The largest absolute Gasteiger partial charge is 0.336 e. The first-order valence-corrected chi connectivity index (χ1v) is 9.04. The Morgan fingerprint density at radius 3 is 2.69 bits per heavy atom. The minimum atomic E-state index is 0.0615. The Morgan fingerprint density at radius 1 is 1.12 bits per heavy atom. The molecule has 5 heteroatoms. The van der Waals surface area contributed by atoms with E-state index in [2.05, 4.69) is 10.1 Å². The van der Waals surface area contributed by atoms with Crippen LogP contribution in [-0.4, -0.2) is 38.7 Å². The maximum absolute atomic E-state index is 13.0. The van der Waals surface area contributed by atoms with Crippen LogP contribution < -0.4 is 0 Å². The fraction of sp³-hybridized carbons (Fsp3) is 0.286. The molecule has 3 aromatic rings. The van der Waals surface area contributed by atoms with Crippen molar-refractivity contribution in [3.63, 3.8) is 0 Å². The fourth-order valence-corrected chi connectivity index (χ4v) is 3.58. The van der Waals surface area contributed by atoms with E-state index < -0.39 is 0 Å². The van der Waals surface area contributed by atoms with Crippen LogP contribution in [0.3, 0.4) is 0 Å². The molecule has 1 amide bonds. The highest BCUT2D eigenvalue weighted by atomic mass is 16.2. The summed E-state index contributed by atoms with van der Waals surface area (Å²) >= 11 is 0. The number of benzene rings is 1. The molecule has 0 spiro atoms. The molecule has 0 aliphatic carbocycles.